The third-order valence-electron chi connectivity index (χ3n) is 3.24. The van der Waals surface area contributed by atoms with Crippen molar-refractivity contribution >= 4 is 28.6 Å². The van der Waals surface area contributed by atoms with E-state index in [0.717, 1.165) is 15.6 Å². The van der Waals surface area contributed by atoms with Gasteiger partial charge in [0.05, 0.1) is 10.9 Å². The summed E-state index contributed by atoms with van der Waals surface area (Å²) in [5.41, 5.74) is 1.18. The zero-order chi connectivity index (χ0) is 14.8. The van der Waals surface area contributed by atoms with Gasteiger partial charge in [0.2, 0.25) is 0 Å². The fourth-order valence-electron chi connectivity index (χ4n) is 1.88. The SMILES string of the molecule is C[C@@H](c1ccon1)N(C)C(=O)c1csc(-c2cccs2)n1. The molecule has 3 aromatic rings. The van der Waals surface area contributed by atoms with Crippen molar-refractivity contribution in [2.75, 3.05) is 7.05 Å². The van der Waals surface area contributed by atoms with E-state index in [9.17, 15) is 4.79 Å². The van der Waals surface area contributed by atoms with Gasteiger partial charge in [-0.1, -0.05) is 11.2 Å². The minimum atomic E-state index is -0.164. The van der Waals surface area contributed by atoms with E-state index in [2.05, 4.69) is 10.1 Å². The Bertz CT molecular complexity index is 719. The Morgan fingerprint density at radius 1 is 1.38 bits per heavy atom. The number of rotatable bonds is 4. The van der Waals surface area contributed by atoms with Gasteiger partial charge in [0.1, 0.15) is 22.7 Å². The van der Waals surface area contributed by atoms with Gasteiger partial charge in [-0.2, -0.15) is 0 Å². The van der Waals surface area contributed by atoms with Crippen LogP contribution < -0.4 is 0 Å². The van der Waals surface area contributed by atoms with E-state index in [4.69, 9.17) is 4.52 Å². The zero-order valence-electron chi connectivity index (χ0n) is 11.5. The maximum Gasteiger partial charge on any atom is 0.273 e. The minimum absolute atomic E-state index is 0.121. The molecule has 21 heavy (non-hydrogen) atoms. The average Bonchev–Trinajstić information content (AvgIpc) is 3.26. The van der Waals surface area contributed by atoms with Crippen LogP contribution in [0.3, 0.4) is 0 Å². The van der Waals surface area contributed by atoms with Crippen LogP contribution >= 0.6 is 22.7 Å². The van der Waals surface area contributed by atoms with Crippen molar-refractivity contribution in [3.63, 3.8) is 0 Å². The molecule has 0 N–H and O–H groups in total. The highest BCUT2D eigenvalue weighted by Crippen LogP contribution is 2.28. The molecule has 0 aliphatic rings. The van der Waals surface area contributed by atoms with Crippen molar-refractivity contribution in [3.05, 3.63) is 46.6 Å². The summed E-state index contributed by atoms with van der Waals surface area (Å²) in [5, 5.41) is 8.54. The second-order valence-electron chi connectivity index (χ2n) is 4.53. The highest BCUT2D eigenvalue weighted by atomic mass is 32.1. The molecule has 3 rings (SSSR count). The molecular formula is C14H13N3O2S2. The summed E-state index contributed by atoms with van der Waals surface area (Å²) < 4.78 is 4.82. The molecule has 108 valence electrons. The lowest BCUT2D eigenvalue weighted by Gasteiger charge is -2.22. The summed E-state index contributed by atoms with van der Waals surface area (Å²) in [5.74, 6) is -0.121. The molecule has 0 aliphatic carbocycles. The third kappa shape index (κ3) is 2.74. The van der Waals surface area contributed by atoms with Gasteiger partial charge in [-0.3, -0.25) is 4.79 Å². The van der Waals surface area contributed by atoms with Crippen LogP contribution in [0.2, 0.25) is 0 Å². The molecule has 0 aromatic carbocycles. The first kappa shape index (κ1) is 14.0. The second-order valence-corrected chi connectivity index (χ2v) is 6.34. The van der Waals surface area contributed by atoms with E-state index in [1.165, 1.54) is 17.6 Å². The van der Waals surface area contributed by atoms with Crippen molar-refractivity contribution in [1.82, 2.24) is 15.0 Å². The number of carbonyl (C=O) groups is 1. The van der Waals surface area contributed by atoms with Crippen molar-refractivity contribution in [1.29, 1.82) is 0 Å². The summed E-state index contributed by atoms with van der Waals surface area (Å²) >= 11 is 3.09. The van der Waals surface area contributed by atoms with Crippen LogP contribution in [-0.2, 0) is 0 Å². The van der Waals surface area contributed by atoms with Crippen molar-refractivity contribution in [2.24, 2.45) is 0 Å². The van der Waals surface area contributed by atoms with Crippen LogP contribution in [0.4, 0.5) is 0 Å². The zero-order valence-corrected chi connectivity index (χ0v) is 13.1. The molecule has 1 amide bonds. The Hall–Kier alpha value is -1.99. The molecule has 0 fully saturated rings. The van der Waals surface area contributed by atoms with E-state index in [1.807, 2.05) is 24.4 Å². The quantitative estimate of drug-likeness (QED) is 0.736. The van der Waals surface area contributed by atoms with E-state index in [1.54, 1.807) is 34.7 Å². The Morgan fingerprint density at radius 2 is 2.24 bits per heavy atom. The van der Waals surface area contributed by atoms with Crippen LogP contribution in [0, 0.1) is 0 Å². The van der Waals surface area contributed by atoms with E-state index in [-0.39, 0.29) is 11.9 Å². The summed E-state index contributed by atoms with van der Waals surface area (Å²) in [6.45, 7) is 1.91. The molecule has 0 unspecified atom stereocenters. The summed E-state index contributed by atoms with van der Waals surface area (Å²) in [7, 11) is 1.74. The van der Waals surface area contributed by atoms with Gasteiger partial charge in [-0.25, -0.2) is 4.98 Å². The molecule has 0 spiro atoms. The molecule has 3 heterocycles. The maximum absolute atomic E-state index is 12.5. The standard InChI is InChI=1S/C14H13N3O2S2/c1-9(10-5-6-19-16-10)17(2)14(18)11-8-21-13(15-11)12-4-3-7-20-12/h3-9H,1-2H3/t9-/m0/s1. The van der Waals surface area contributed by atoms with Crippen LogP contribution in [0.25, 0.3) is 9.88 Å². The average molecular weight is 319 g/mol. The second kappa shape index (κ2) is 5.79. The Morgan fingerprint density at radius 3 is 2.90 bits per heavy atom. The molecule has 5 nitrogen and oxygen atoms in total. The summed E-state index contributed by atoms with van der Waals surface area (Å²) in [4.78, 5) is 19.6. The van der Waals surface area contributed by atoms with E-state index in [0.29, 0.717) is 5.69 Å². The van der Waals surface area contributed by atoms with Crippen molar-refractivity contribution < 1.29 is 9.32 Å². The maximum atomic E-state index is 12.5. The molecule has 0 saturated heterocycles. The molecule has 0 aliphatic heterocycles. The first-order chi connectivity index (χ1) is 10.2. The number of thiazole rings is 1. The molecule has 7 heteroatoms. The van der Waals surface area contributed by atoms with Gasteiger partial charge in [-0.05, 0) is 18.4 Å². The van der Waals surface area contributed by atoms with E-state index >= 15 is 0 Å². The van der Waals surface area contributed by atoms with Gasteiger partial charge in [0, 0.05) is 18.5 Å². The van der Waals surface area contributed by atoms with Gasteiger partial charge >= 0.3 is 0 Å². The molecule has 0 saturated carbocycles. The number of nitrogens with zero attached hydrogens (tertiary/aromatic N) is 3. The predicted octanol–water partition coefficient (Wildman–Crippen LogP) is 3.69. The van der Waals surface area contributed by atoms with Crippen LogP contribution in [0.5, 0.6) is 0 Å². The monoisotopic (exact) mass is 319 g/mol. The molecule has 0 radical (unpaired) electrons. The molecule has 3 aromatic heterocycles. The Labute approximate surface area is 129 Å². The fraction of sp³-hybridized carbons (Fsp3) is 0.214. The lowest BCUT2D eigenvalue weighted by molar-refractivity contribution is 0.0732. The van der Waals surface area contributed by atoms with Gasteiger partial charge in [0.25, 0.3) is 5.91 Å². The van der Waals surface area contributed by atoms with Crippen LogP contribution in [0.15, 0.2) is 39.7 Å². The highest BCUT2D eigenvalue weighted by molar-refractivity contribution is 7.20. The molecule has 1 atom stereocenters. The lowest BCUT2D eigenvalue weighted by atomic mass is 10.2. The van der Waals surface area contributed by atoms with Crippen LogP contribution in [-0.4, -0.2) is 28.0 Å². The van der Waals surface area contributed by atoms with Gasteiger partial charge in [0.15, 0.2) is 0 Å². The number of aromatic nitrogens is 2. The smallest absolute Gasteiger partial charge is 0.273 e. The van der Waals surface area contributed by atoms with Gasteiger partial charge < -0.3 is 9.42 Å². The van der Waals surface area contributed by atoms with E-state index < -0.39 is 0 Å². The number of hydrogen-bond donors (Lipinski definition) is 0. The number of thiophene rings is 1. The molecular weight excluding hydrogens is 306 g/mol. The predicted molar refractivity (Wildman–Crippen MR) is 82.4 cm³/mol. The highest BCUT2D eigenvalue weighted by Gasteiger charge is 2.23. The van der Waals surface area contributed by atoms with Crippen molar-refractivity contribution in [3.8, 4) is 9.88 Å². The number of hydrogen-bond acceptors (Lipinski definition) is 6. The minimum Gasteiger partial charge on any atom is -0.364 e. The van der Waals surface area contributed by atoms with Crippen LogP contribution in [0.1, 0.15) is 29.1 Å². The lowest BCUT2D eigenvalue weighted by Crippen LogP contribution is -2.30. The Balaban J connectivity index is 1.79. The first-order valence-corrected chi connectivity index (χ1v) is 8.09. The first-order valence-electron chi connectivity index (χ1n) is 6.33. The fourth-order valence-corrected chi connectivity index (χ4v) is 3.49. The summed E-state index contributed by atoms with van der Waals surface area (Å²) in [6, 6.07) is 5.57. The topological polar surface area (TPSA) is 59.2 Å². The largest absolute Gasteiger partial charge is 0.364 e. The normalized spacial score (nSPS) is 12.3. The Kier molecular flexibility index (Phi) is 3.85. The van der Waals surface area contributed by atoms with Crippen molar-refractivity contribution in [2.45, 2.75) is 13.0 Å². The van der Waals surface area contributed by atoms with Gasteiger partial charge in [-0.15, -0.1) is 22.7 Å². The third-order valence-corrected chi connectivity index (χ3v) is 5.12. The summed E-state index contributed by atoms with van der Waals surface area (Å²) in [6.07, 6.45) is 1.50. The number of amides is 1. The molecule has 0 bridgehead atoms. The number of carbonyl (C=O) groups excluding carboxylic acids is 1.